The number of thioether (sulfide) groups is 1. The van der Waals surface area contributed by atoms with Gasteiger partial charge in [-0.3, -0.25) is 0 Å². The molecule has 3 aromatic rings. The zero-order valence-electron chi connectivity index (χ0n) is 13.5. The first-order valence-electron chi connectivity index (χ1n) is 7.87. The van der Waals surface area contributed by atoms with Gasteiger partial charge in [-0.2, -0.15) is 11.8 Å². The monoisotopic (exact) mass is 379 g/mol. The molecule has 0 saturated heterocycles. The van der Waals surface area contributed by atoms with Crippen LogP contribution in [0.4, 0.5) is 0 Å². The molecule has 1 aromatic carbocycles. The summed E-state index contributed by atoms with van der Waals surface area (Å²) in [6, 6.07) is 6.01. The lowest BCUT2D eigenvalue weighted by molar-refractivity contribution is 0.254. The second kappa shape index (κ2) is 6.02. The summed E-state index contributed by atoms with van der Waals surface area (Å²) in [5.74, 6) is 2.84. The molecule has 7 heteroatoms. The second-order valence-electron chi connectivity index (χ2n) is 6.42. The van der Waals surface area contributed by atoms with E-state index in [1.807, 2.05) is 23.9 Å². The van der Waals surface area contributed by atoms with E-state index in [-0.39, 0.29) is 11.4 Å². The third-order valence-corrected chi connectivity index (χ3v) is 7.42. The summed E-state index contributed by atoms with van der Waals surface area (Å²) in [4.78, 5) is 1.16. The van der Waals surface area contributed by atoms with E-state index in [1.165, 1.54) is 15.6 Å². The molecule has 126 valence electrons. The van der Waals surface area contributed by atoms with Gasteiger partial charge >= 0.3 is 0 Å². The largest absolute Gasteiger partial charge is 0.395 e. The standard InChI is InChI=1S/C17H18ClN3OS2/c1-10-12-7-11(18)3-4-13(12)24-15(10)16-20-19-14-8-17(2,9-22)23-6-5-21(14)16/h3-4,7,22H,5-6,8-9H2,1-2H3. The molecule has 1 aliphatic heterocycles. The molecule has 1 aliphatic rings. The van der Waals surface area contributed by atoms with Gasteiger partial charge in [0.05, 0.1) is 11.5 Å². The van der Waals surface area contributed by atoms with E-state index in [0.717, 1.165) is 40.3 Å². The third kappa shape index (κ3) is 2.65. The van der Waals surface area contributed by atoms with Crippen LogP contribution in [0.2, 0.25) is 5.02 Å². The first-order valence-corrected chi connectivity index (χ1v) is 10.0. The summed E-state index contributed by atoms with van der Waals surface area (Å²) >= 11 is 9.70. The summed E-state index contributed by atoms with van der Waals surface area (Å²) in [7, 11) is 0. The fourth-order valence-electron chi connectivity index (χ4n) is 3.15. The molecule has 4 rings (SSSR count). The fraction of sp³-hybridized carbons (Fsp3) is 0.412. The molecule has 3 heterocycles. The topological polar surface area (TPSA) is 50.9 Å². The molecular weight excluding hydrogens is 362 g/mol. The van der Waals surface area contributed by atoms with E-state index < -0.39 is 0 Å². The quantitative estimate of drug-likeness (QED) is 0.726. The third-order valence-electron chi connectivity index (χ3n) is 4.56. The molecule has 0 saturated carbocycles. The van der Waals surface area contributed by atoms with Gasteiger partial charge in [0.1, 0.15) is 5.82 Å². The Morgan fingerprint density at radius 2 is 2.21 bits per heavy atom. The summed E-state index contributed by atoms with van der Waals surface area (Å²) < 4.78 is 3.25. The molecule has 0 amide bonds. The Kier molecular flexibility index (Phi) is 4.11. The maximum absolute atomic E-state index is 9.70. The van der Waals surface area contributed by atoms with E-state index >= 15 is 0 Å². The van der Waals surface area contributed by atoms with Crippen molar-refractivity contribution in [2.24, 2.45) is 0 Å². The Morgan fingerprint density at radius 1 is 1.38 bits per heavy atom. The van der Waals surface area contributed by atoms with Crippen molar-refractivity contribution in [3.05, 3.63) is 34.6 Å². The van der Waals surface area contributed by atoms with Crippen LogP contribution in [-0.4, -0.2) is 37.0 Å². The van der Waals surface area contributed by atoms with E-state index in [1.54, 1.807) is 11.3 Å². The van der Waals surface area contributed by atoms with Crippen LogP contribution < -0.4 is 0 Å². The van der Waals surface area contributed by atoms with E-state index in [2.05, 4.69) is 34.7 Å². The summed E-state index contributed by atoms with van der Waals surface area (Å²) in [5, 5.41) is 20.6. The normalized spacial score (nSPS) is 21.0. The summed E-state index contributed by atoms with van der Waals surface area (Å²) in [6.45, 7) is 5.23. The lowest BCUT2D eigenvalue weighted by Gasteiger charge is -2.23. The Balaban J connectivity index is 1.83. The van der Waals surface area contributed by atoms with Crippen LogP contribution in [0, 0.1) is 6.92 Å². The zero-order chi connectivity index (χ0) is 16.9. The molecule has 0 aliphatic carbocycles. The second-order valence-corrected chi connectivity index (χ2v) is 9.59. The van der Waals surface area contributed by atoms with Gasteiger partial charge in [-0.25, -0.2) is 0 Å². The number of halogens is 1. The zero-order valence-corrected chi connectivity index (χ0v) is 15.9. The maximum Gasteiger partial charge on any atom is 0.174 e. The number of aliphatic hydroxyl groups excluding tert-OH is 1. The van der Waals surface area contributed by atoms with Crippen LogP contribution in [0.5, 0.6) is 0 Å². The number of fused-ring (bicyclic) bond motifs is 2. The van der Waals surface area contributed by atoms with Crippen LogP contribution in [-0.2, 0) is 13.0 Å². The Labute approximate surface area is 153 Å². The average molecular weight is 380 g/mol. The van der Waals surface area contributed by atoms with Crippen molar-refractivity contribution in [2.45, 2.75) is 31.6 Å². The Hall–Kier alpha value is -1.08. The van der Waals surface area contributed by atoms with Crippen molar-refractivity contribution >= 4 is 44.8 Å². The van der Waals surface area contributed by atoms with Gasteiger partial charge in [0, 0.05) is 33.2 Å². The van der Waals surface area contributed by atoms with E-state index in [0.29, 0.717) is 0 Å². The van der Waals surface area contributed by atoms with Gasteiger partial charge < -0.3 is 9.67 Å². The number of aryl methyl sites for hydroxylation is 1. The minimum absolute atomic E-state index is 0.153. The molecule has 0 radical (unpaired) electrons. The van der Waals surface area contributed by atoms with Gasteiger partial charge in [0.25, 0.3) is 0 Å². The lowest BCUT2D eigenvalue weighted by Crippen LogP contribution is -2.28. The number of hydrogen-bond donors (Lipinski definition) is 1. The van der Waals surface area contributed by atoms with E-state index in [9.17, 15) is 5.11 Å². The molecule has 2 aromatic heterocycles. The van der Waals surface area contributed by atoms with Gasteiger partial charge in [-0.15, -0.1) is 21.5 Å². The molecule has 24 heavy (non-hydrogen) atoms. The minimum atomic E-state index is -0.179. The average Bonchev–Trinajstić information content (AvgIpc) is 3.03. The van der Waals surface area contributed by atoms with Crippen molar-refractivity contribution in [1.82, 2.24) is 14.8 Å². The molecule has 1 N–H and O–H groups in total. The first kappa shape index (κ1) is 16.4. The predicted molar refractivity (Wildman–Crippen MR) is 102 cm³/mol. The Bertz CT molecular complexity index is 920. The first-order chi connectivity index (χ1) is 11.5. The van der Waals surface area contributed by atoms with Crippen molar-refractivity contribution in [1.29, 1.82) is 0 Å². The van der Waals surface area contributed by atoms with Crippen LogP contribution in [0.3, 0.4) is 0 Å². The highest BCUT2D eigenvalue weighted by atomic mass is 35.5. The van der Waals surface area contributed by atoms with Crippen molar-refractivity contribution in [2.75, 3.05) is 12.4 Å². The molecular formula is C17H18ClN3OS2. The van der Waals surface area contributed by atoms with Gasteiger partial charge in [0.2, 0.25) is 0 Å². The number of benzene rings is 1. The SMILES string of the molecule is Cc1c(-c2nnc3n2CCSC(C)(CO)C3)sc2ccc(Cl)cc12. The fourth-order valence-corrected chi connectivity index (χ4v) is 5.59. The molecule has 1 unspecified atom stereocenters. The molecule has 4 nitrogen and oxygen atoms in total. The smallest absolute Gasteiger partial charge is 0.174 e. The Morgan fingerprint density at radius 3 is 3.00 bits per heavy atom. The minimum Gasteiger partial charge on any atom is -0.395 e. The van der Waals surface area contributed by atoms with Crippen molar-refractivity contribution in [3.8, 4) is 10.7 Å². The number of aliphatic hydroxyl groups is 1. The van der Waals surface area contributed by atoms with Crippen molar-refractivity contribution < 1.29 is 5.11 Å². The number of thiophene rings is 1. The van der Waals surface area contributed by atoms with E-state index in [4.69, 9.17) is 11.6 Å². The highest BCUT2D eigenvalue weighted by Crippen LogP contribution is 2.40. The summed E-state index contributed by atoms with van der Waals surface area (Å²) in [5.41, 5.74) is 1.20. The van der Waals surface area contributed by atoms with Gasteiger partial charge in [0.15, 0.2) is 5.82 Å². The van der Waals surface area contributed by atoms with Crippen molar-refractivity contribution in [3.63, 3.8) is 0 Å². The number of aromatic nitrogens is 3. The lowest BCUT2D eigenvalue weighted by atomic mass is 10.1. The predicted octanol–water partition coefficient (Wildman–Crippen LogP) is 4.16. The van der Waals surface area contributed by atoms with Gasteiger partial charge in [-0.05, 0) is 43.0 Å². The molecule has 0 fully saturated rings. The molecule has 0 bridgehead atoms. The van der Waals surface area contributed by atoms with Crippen LogP contribution in [0.1, 0.15) is 18.3 Å². The van der Waals surface area contributed by atoms with Crippen LogP contribution in [0.25, 0.3) is 20.8 Å². The van der Waals surface area contributed by atoms with Crippen LogP contribution in [0.15, 0.2) is 18.2 Å². The molecule has 0 spiro atoms. The van der Waals surface area contributed by atoms with Crippen LogP contribution >= 0.6 is 34.7 Å². The van der Waals surface area contributed by atoms with Gasteiger partial charge in [-0.1, -0.05) is 11.6 Å². The maximum atomic E-state index is 9.70. The summed E-state index contributed by atoms with van der Waals surface area (Å²) in [6.07, 6.45) is 0.733. The molecule has 1 atom stereocenters. The highest BCUT2D eigenvalue weighted by molar-refractivity contribution is 8.00. The highest BCUT2D eigenvalue weighted by Gasteiger charge is 2.31. The number of nitrogens with zero attached hydrogens (tertiary/aromatic N) is 3. The number of rotatable bonds is 2. The number of hydrogen-bond acceptors (Lipinski definition) is 5.